The second-order valence-corrected chi connectivity index (χ2v) is 7.89. The van der Waals surface area contributed by atoms with E-state index in [1.165, 1.54) is 6.07 Å². The maximum Gasteiger partial charge on any atom is 0.197 e. The van der Waals surface area contributed by atoms with Crippen molar-refractivity contribution >= 4 is 22.6 Å². The molecular weight excluding hydrogens is 394 g/mol. The highest BCUT2D eigenvalue weighted by molar-refractivity contribution is 6.33. The standard InChI is InChI=1S/C22H24ClNO5/c1-4-12(18(28)11-24(2)3)20-15(25)9-16(26)21-17(27)10-19(29-22(20)21)13-7-5-6-8-14(13)23/h5-10,12,18,25-26,28H,4,11H2,1-3H3/p+1. The Morgan fingerprint density at radius 1 is 1.14 bits per heavy atom. The molecule has 0 spiro atoms. The molecule has 0 bridgehead atoms. The van der Waals surface area contributed by atoms with Crippen LogP contribution in [0.5, 0.6) is 11.5 Å². The van der Waals surface area contributed by atoms with E-state index < -0.39 is 17.5 Å². The minimum atomic E-state index is -0.780. The highest BCUT2D eigenvalue weighted by Crippen LogP contribution is 2.41. The molecule has 29 heavy (non-hydrogen) atoms. The average molecular weight is 419 g/mol. The lowest BCUT2D eigenvalue weighted by Gasteiger charge is -2.24. The van der Waals surface area contributed by atoms with Crippen LogP contribution < -0.4 is 10.3 Å². The monoisotopic (exact) mass is 418 g/mol. The van der Waals surface area contributed by atoms with Gasteiger partial charge >= 0.3 is 0 Å². The largest absolute Gasteiger partial charge is 0.507 e. The van der Waals surface area contributed by atoms with E-state index in [1.54, 1.807) is 24.3 Å². The predicted molar refractivity (Wildman–Crippen MR) is 113 cm³/mol. The molecule has 2 unspecified atom stereocenters. The van der Waals surface area contributed by atoms with Gasteiger partial charge in [0.1, 0.15) is 40.9 Å². The lowest BCUT2D eigenvalue weighted by molar-refractivity contribution is -0.862. The Hall–Kier alpha value is -2.54. The number of aliphatic hydroxyl groups is 1. The minimum Gasteiger partial charge on any atom is -0.507 e. The number of quaternary nitrogens is 1. The molecule has 2 atom stereocenters. The summed E-state index contributed by atoms with van der Waals surface area (Å²) >= 11 is 6.26. The van der Waals surface area contributed by atoms with Crippen LogP contribution in [-0.2, 0) is 0 Å². The fourth-order valence-electron chi connectivity index (χ4n) is 3.70. The van der Waals surface area contributed by atoms with Crippen molar-refractivity contribution in [3.05, 3.63) is 57.2 Å². The smallest absolute Gasteiger partial charge is 0.197 e. The first kappa shape index (κ1) is 21.2. The van der Waals surface area contributed by atoms with Gasteiger partial charge in [0.2, 0.25) is 0 Å². The number of hydrogen-bond donors (Lipinski definition) is 4. The van der Waals surface area contributed by atoms with Crippen molar-refractivity contribution in [2.45, 2.75) is 25.4 Å². The van der Waals surface area contributed by atoms with Crippen LogP contribution in [0.1, 0.15) is 24.8 Å². The van der Waals surface area contributed by atoms with E-state index in [0.29, 0.717) is 29.1 Å². The molecule has 2 aromatic carbocycles. The summed E-state index contributed by atoms with van der Waals surface area (Å²) in [6, 6.07) is 9.33. The van der Waals surface area contributed by atoms with Crippen molar-refractivity contribution in [1.82, 2.24) is 0 Å². The number of nitrogens with one attached hydrogen (secondary N) is 1. The van der Waals surface area contributed by atoms with E-state index in [4.69, 9.17) is 16.0 Å². The number of rotatable bonds is 6. The molecule has 154 valence electrons. The first-order valence-electron chi connectivity index (χ1n) is 9.49. The van der Waals surface area contributed by atoms with E-state index in [-0.39, 0.29) is 28.2 Å². The summed E-state index contributed by atoms with van der Waals surface area (Å²) in [5, 5.41) is 32.0. The fourth-order valence-corrected chi connectivity index (χ4v) is 3.93. The third kappa shape index (κ3) is 4.10. The maximum absolute atomic E-state index is 12.8. The van der Waals surface area contributed by atoms with Crippen LogP contribution in [0, 0.1) is 0 Å². The Kier molecular flexibility index (Phi) is 6.17. The molecule has 0 aliphatic carbocycles. The third-order valence-electron chi connectivity index (χ3n) is 5.03. The van der Waals surface area contributed by atoms with Crippen LogP contribution in [0.15, 0.2) is 45.6 Å². The molecule has 1 heterocycles. The van der Waals surface area contributed by atoms with Gasteiger partial charge in [-0.25, -0.2) is 0 Å². The second-order valence-electron chi connectivity index (χ2n) is 7.48. The van der Waals surface area contributed by atoms with Crippen LogP contribution in [0.25, 0.3) is 22.3 Å². The van der Waals surface area contributed by atoms with Gasteiger partial charge < -0.3 is 24.6 Å². The molecule has 3 aromatic rings. The third-order valence-corrected chi connectivity index (χ3v) is 5.36. The van der Waals surface area contributed by atoms with E-state index in [0.717, 1.165) is 11.0 Å². The van der Waals surface area contributed by atoms with Crippen molar-refractivity contribution in [3.63, 3.8) is 0 Å². The summed E-state index contributed by atoms with van der Waals surface area (Å²) in [6.07, 6.45) is -0.278. The van der Waals surface area contributed by atoms with Crippen molar-refractivity contribution in [1.29, 1.82) is 0 Å². The Bertz CT molecular complexity index is 1090. The lowest BCUT2D eigenvalue weighted by atomic mass is 9.88. The molecule has 1 aromatic heterocycles. The molecule has 4 N–H and O–H groups in total. The molecule has 6 nitrogen and oxygen atoms in total. The van der Waals surface area contributed by atoms with Gasteiger partial charge in [-0.2, -0.15) is 0 Å². The molecule has 7 heteroatoms. The van der Waals surface area contributed by atoms with Gasteiger partial charge in [-0.3, -0.25) is 4.79 Å². The minimum absolute atomic E-state index is 0.0311. The molecule has 0 aliphatic rings. The molecule has 0 amide bonds. The van der Waals surface area contributed by atoms with Gasteiger partial charge in [-0.1, -0.05) is 30.7 Å². The predicted octanol–water partition coefficient (Wildman–Crippen LogP) is 2.52. The van der Waals surface area contributed by atoms with Crippen LogP contribution >= 0.6 is 11.6 Å². The van der Waals surface area contributed by atoms with Crippen LogP contribution in [0.4, 0.5) is 0 Å². The Balaban J connectivity index is 2.32. The summed E-state index contributed by atoms with van der Waals surface area (Å²) in [6.45, 7) is 2.32. The zero-order valence-electron chi connectivity index (χ0n) is 16.6. The number of phenolic OH excluding ortho intramolecular Hbond substituents is 2. The van der Waals surface area contributed by atoms with Gasteiger partial charge in [0.25, 0.3) is 0 Å². The summed E-state index contributed by atoms with van der Waals surface area (Å²) in [7, 11) is 3.83. The van der Waals surface area contributed by atoms with Crippen molar-refractivity contribution in [2.24, 2.45) is 0 Å². The Morgan fingerprint density at radius 3 is 2.45 bits per heavy atom. The molecule has 0 radical (unpaired) electrons. The van der Waals surface area contributed by atoms with Gasteiger partial charge in [0.05, 0.1) is 19.1 Å². The zero-order chi connectivity index (χ0) is 21.3. The van der Waals surface area contributed by atoms with Gasteiger partial charge in [-0.15, -0.1) is 0 Å². The normalized spacial score (nSPS) is 13.7. The molecular formula is C22H25ClNO5+. The average Bonchev–Trinajstić information content (AvgIpc) is 2.63. The number of phenols is 2. The highest BCUT2D eigenvalue weighted by atomic mass is 35.5. The molecule has 0 saturated heterocycles. The number of hydrogen-bond acceptors (Lipinski definition) is 5. The summed E-state index contributed by atoms with van der Waals surface area (Å²) in [5.41, 5.74) is 0.431. The summed E-state index contributed by atoms with van der Waals surface area (Å²) in [4.78, 5) is 13.9. The molecule has 0 fully saturated rings. The summed E-state index contributed by atoms with van der Waals surface area (Å²) < 4.78 is 6.02. The van der Waals surface area contributed by atoms with E-state index in [2.05, 4.69) is 0 Å². The fraction of sp³-hybridized carbons (Fsp3) is 0.318. The van der Waals surface area contributed by atoms with Crippen molar-refractivity contribution in [2.75, 3.05) is 20.6 Å². The Labute approximate surface area is 173 Å². The maximum atomic E-state index is 12.8. The number of aliphatic hydroxyl groups excluding tert-OH is 1. The number of fused-ring (bicyclic) bond motifs is 1. The number of benzene rings is 2. The van der Waals surface area contributed by atoms with Gasteiger partial charge in [-0.05, 0) is 18.6 Å². The SMILES string of the molecule is CCC(c1c(O)cc(O)c2c(=O)cc(-c3ccccc3Cl)oc12)C(O)C[NH+](C)C. The van der Waals surface area contributed by atoms with Crippen LogP contribution in [-0.4, -0.2) is 42.1 Å². The molecule has 0 aliphatic heterocycles. The first-order valence-corrected chi connectivity index (χ1v) is 9.87. The zero-order valence-corrected chi connectivity index (χ0v) is 17.3. The molecule has 3 rings (SSSR count). The van der Waals surface area contributed by atoms with Gasteiger partial charge in [0, 0.05) is 29.2 Å². The van der Waals surface area contributed by atoms with Crippen LogP contribution in [0.3, 0.4) is 0 Å². The quantitative estimate of drug-likeness (QED) is 0.493. The van der Waals surface area contributed by atoms with Crippen molar-refractivity contribution in [3.8, 4) is 22.8 Å². The highest BCUT2D eigenvalue weighted by Gasteiger charge is 2.30. The number of halogens is 1. The van der Waals surface area contributed by atoms with Crippen molar-refractivity contribution < 1.29 is 24.6 Å². The lowest BCUT2D eigenvalue weighted by Crippen LogP contribution is -3.07. The molecule has 0 saturated carbocycles. The summed E-state index contributed by atoms with van der Waals surface area (Å²) in [5.74, 6) is -0.864. The number of aromatic hydroxyl groups is 2. The first-order chi connectivity index (χ1) is 13.7. The van der Waals surface area contributed by atoms with E-state index in [1.807, 2.05) is 21.0 Å². The van der Waals surface area contributed by atoms with Crippen LogP contribution in [0.2, 0.25) is 5.02 Å². The van der Waals surface area contributed by atoms with E-state index in [9.17, 15) is 20.1 Å². The topological polar surface area (TPSA) is 95.3 Å². The number of likely N-dealkylation sites (N-methyl/N-ethyl adjacent to an activating group) is 1. The second kappa shape index (κ2) is 8.45. The van der Waals surface area contributed by atoms with E-state index >= 15 is 0 Å². The van der Waals surface area contributed by atoms with Gasteiger partial charge in [0.15, 0.2) is 5.43 Å². The Morgan fingerprint density at radius 2 is 1.83 bits per heavy atom.